The number of aliphatic carboxylic acids is 1. The van der Waals surface area contributed by atoms with Crippen molar-refractivity contribution in [2.45, 2.75) is 32.4 Å². The topological polar surface area (TPSA) is 91.8 Å². The lowest BCUT2D eigenvalue weighted by atomic mass is 10.2. The molecule has 2 rings (SSSR count). The molecule has 2 unspecified atom stereocenters. The van der Waals surface area contributed by atoms with E-state index in [1.54, 1.807) is 22.4 Å². The molecule has 2 atom stereocenters. The molecule has 1 aliphatic heterocycles. The van der Waals surface area contributed by atoms with Gasteiger partial charge in [0.15, 0.2) is 0 Å². The number of amides is 2. The van der Waals surface area contributed by atoms with Crippen molar-refractivity contribution in [2.24, 2.45) is 0 Å². The predicted octanol–water partition coefficient (Wildman–Crippen LogP) is 1.40. The van der Waals surface area contributed by atoms with E-state index < -0.39 is 12.1 Å². The minimum absolute atomic E-state index is 0.0923. The van der Waals surface area contributed by atoms with Crippen LogP contribution in [-0.4, -0.2) is 52.8 Å². The Morgan fingerprint density at radius 1 is 1.67 bits per heavy atom. The van der Waals surface area contributed by atoms with Gasteiger partial charge in [-0.1, -0.05) is 0 Å². The summed E-state index contributed by atoms with van der Waals surface area (Å²) in [5, 5.41) is 12.5. The quantitative estimate of drug-likeness (QED) is 0.876. The normalized spacial score (nSPS) is 20.1. The molecule has 8 heteroatoms. The second-order valence-electron chi connectivity index (χ2n) is 5.02. The van der Waals surface area contributed by atoms with Crippen molar-refractivity contribution < 1.29 is 19.4 Å². The summed E-state index contributed by atoms with van der Waals surface area (Å²) in [5.41, 5.74) is 0. The van der Waals surface area contributed by atoms with Gasteiger partial charge in [-0.25, -0.2) is 9.78 Å². The van der Waals surface area contributed by atoms with Crippen molar-refractivity contribution in [1.29, 1.82) is 0 Å². The van der Waals surface area contributed by atoms with E-state index in [0.717, 1.165) is 9.88 Å². The monoisotopic (exact) mass is 313 g/mol. The highest BCUT2D eigenvalue weighted by Gasteiger charge is 2.27. The molecule has 0 aromatic carbocycles. The summed E-state index contributed by atoms with van der Waals surface area (Å²) in [7, 11) is 0. The van der Waals surface area contributed by atoms with Gasteiger partial charge in [-0.3, -0.25) is 4.79 Å². The largest absolute Gasteiger partial charge is 0.481 e. The number of nitrogens with one attached hydrogen (secondary N) is 1. The zero-order chi connectivity index (χ0) is 15.4. The maximum Gasteiger partial charge on any atom is 0.318 e. The third kappa shape index (κ3) is 4.40. The molecular formula is C13H19N3O4S. The number of thiazole rings is 1. The van der Waals surface area contributed by atoms with Crippen LogP contribution in [0.15, 0.2) is 6.20 Å². The fraction of sp³-hybridized carbons (Fsp3) is 0.615. The Bertz CT molecular complexity index is 519. The molecule has 7 nitrogen and oxygen atoms in total. The number of carbonyl (C=O) groups excluding carboxylic acids is 1. The Kier molecular flexibility index (Phi) is 5.13. The number of urea groups is 1. The van der Waals surface area contributed by atoms with Gasteiger partial charge in [0.2, 0.25) is 0 Å². The van der Waals surface area contributed by atoms with E-state index in [1.165, 1.54) is 0 Å². The lowest BCUT2D eigenvalue weighted by Gasteiger charge is -2.33. The van der Waals surface area contributed by atoms with Crippen molar-refractivity contribution in [3.63, 3.8) is 0 Å². The number of rotatable bonds is 4. The summed E-state index contributed by atoms with van der Waals surface area (Å²) in [5.74, 6) is -0.922. The highest BCUT2D eigenvalue weighted by Crippen LogP contribution is 2.19. The second kappa shape index (κ2) is 6.86. The van der Waals surface area contributed by atoms with E-state index in [4.69, 9.17) is 9.84 Å². The highest BCUT2D eigenvalue weighted by atomic mass is 32.1. The van der Waals surface area contributed by atoms with Crippen molar-refractivity contribution >= 4 is 23.3 Å². The number of carboxylic acids is 1. The van der Waals surface area contributed by atoms with Crippen molar-refractivity contribution in [3.8, 4) is 0 Å². The molecule has 2 N–H and O–H groups in total. The van der Waals surface area contributed by atoms with Crippen molar-refractivity contribution in [3.05, 3.63) is 16.1 Å². The molecule has 1 fully saturated rings. The number of morpholine rings is 1. The van der Waals surface area contributed by atoms with E-state index >= 15 is 0 Å². The first-order valence-electron chi connectivity index (χ1n) is 6.77. The van der Waals surface area contributed by atoms with Crippen LogP contribution in [-0.2, 0) is 9.53 Å². The Balaban J connectivity index is 1.89. The molecule has 1 aliphatic rings. The molecule has 1 saturated heterocycles. The molecule has 116 valence electrons. The maximum absolute atomic E-state index is 12.2. The van der Waals surface area contributed by atoms with Gasteiger partial charge in [0.1, 0.15) is 5.01 Å². The lowest BCUT2D eigenvalue weighted by Crippen LogP contribution is -2.50. The van der Waals surface area contributed by atoms with Gasteiger partial charge in [0, 0.05) is 24.2 Å². The van der Waals surface area contributed by atoms with E-state index in [-0.39, 0.29) is 18.5 Å². The third-order valence-electron chi connectivity index (χ3n) is 3.18. The van der Waals surface area contributed by atoms with E-state index in [2.05, 4.69) is 10.3 Å². The summed E-state index contributed by atoms with van der Waals surface area (Å²) in [6.45, 7) is 4.96. The SMILES string of the molecule is Cc1cnc(C(C)NC(=O)N2CCOC(CC(=O)O)C2)s1. The second-order valence-corrected chi connectivity index (χ2v) is 6.28. The number of hydrogen-bond acceptors (Lipinski definition) is 5. The fourth-order valence-electron chi connectivity index (χ4n) is 2.13. The minimum atomic E-state index is -0.922. The van der Waals surface area contributed by atoms with E-state index in [0.29, 0.717) is 19.7 Å². The van der Waals surface area contributed by atoms with Gasteiger partial charge in [-0.05, 0) is 13.8 Å². The Morgan fingerprint density at radius 3 is 3.05 bits per heavy atom. The molecule has 2 amide bonds. The van der Waals surface area contributed by atoms with Crippen molar-refractivity contribution in [2.75, 3.05) is 19.7 Å². The minimum Gasteiger partial charge on any atom is -0.481 e. The summed E-state index contributed by atoms with van der Waals surface area (Å²) in [4.78, 5) is 29.9. The van der Waals surface area contributed by atoms with Crippen LogP contribution >= 0.6 is 11.3 Å². The molecule has 2 heterocycles. The number of carboxylic acid groups (broad SMARTS) is 1. The summed E-state index contributed by atoms with van der Waals surface area (Å²) in [6, 6.07) is -0.383. The number of aryl methyl sites for hydroxylation is 1. The summed E-state index contributed by atoms with van der Waals surface area (Å²) < 4.78 is 5.35. The third-order valence-corrected chi connectivity index (χ3v) is 4.27. The molecule has 0 aliphatic carbocycles. The first-order chi connectivity index (χ1) is 9.95. The number of nitrogens with zero attached hydrogens (tertiary/aromatic N) is 2. The van der Waals surface area contributed by atoms with Crippen LogP contribution in [0.4, 0.5) is 4.79 Å². The number of hydrogen-bond donors (Lipinski definition) is 2. The first-order valence-corrected chi connectivity index (χ1v) is 7.58. The Morgan fingerprint density at radius 2 is 2.43 bits per heavy atom. The van der Waals surface area contributed by atoms with Gasteiger partial charge < -0.3 is 20.1 Å². The van der Waals surface area contributed by atoms with Gasteiger partial charge in [-0.15, -0.1) is 11.3 Å². The number of ether oxygens (including phenoxy) is 1. The van der Waals surface area contributed by atoms with Gasteiger partial charge >= 0.3 is 12.0 Å². The van der Waals surface area contributed by atoms with Crippen LogP contribution < -0.4 is 5.32 Å². The maximum atomic E-state index is 12.2. The van der Waals surface area contributed by atoms with Crippen LogP contribution in [0, 0.1) is 6.92 Å². The zero-order valence-corrected chi connectivity index (χ0v) is 12.9. The first kappa shape index (κ1) is 15.7. The molecule has 21 heavy (non-hydrogen) atoms. The molecule has 0 saturated carbocycles. The van der Waals surface area contributed by atoms with Gasteiger partial charge in [0.05, 0.1) is 25.2 Å². The molecular weight excluding hydrogens is 294 g/mol. The van der Waals surface area contributed by atoms with E-state index in [1.807, 2.05) is 13.8 Å². The van der Waals surface area contributed by atoms with Gasteiger partial charge in [-0.2, -0.15) is 0 Å². The van der Waals surface area contributed by atoms with Crippen LogP contribution in [0.25, 0.3) is 0 Å². The van der Waals surface area contributed by atoms with E-state index in [9.17, 15) is 9.59 Å². The lowest BCUT2D eigenvalue weighted by molar-refractivity contribution is -0.141. The average Bonchev–Trinajstić information content (AvgIpc) is 2.85. The fourth-order valence-corrected chi connectivity index (χ4v) is 2.91. The zero-order valence-electron chi connectivity index (χ0n) is 12.0. The molecule has 0 spiro atoms. The summed E-state index contributed by atoms with van der Waals surface area (Å²) in [6.07, 6.45) is 1.24. The number of carbonyl (C=O) groups is 2. The van der Waals surface area contributed by atoms with Crippen LogP contribution in [0.2, 0.25) is 0 Å². The van der Waals surface area contributed by atoms with Crippen molar-refractivity contribution in [1.82, 2.24) is 15.2 Å². The van der Waals surface area contributed by atoms with Crippen LogP contribution in [0.5, 0.6) is 0 Å². The standard InChI is InChI=1S/C13H19N3O4S/c1-8-6-14-12(21-8)9(2)15-13(19)16-3-4-20-10(7-16)5-11(17)18/h6,9-10H,3-5,7H2,1-2H3,(H,15,19)(H,17,18). The smallest absolute Gasteiger partial charge is 0.318 e. The Labute approximate surface area is 126 Å². The molecule has 1 aromatic heterocycles. The number of aromatic nitrogens is 1. The van der Waals surface area contributed by atoms with Crippen LogP contribution in [0.1, 0.15) is 29.3 Å². The Hall–Kier alpha value is -1.67. The van der Waals surface area contributed by atoms with Gasteiger partial charge in [0.25, 0.3) is 0 Å². The predicted molar refractivity (Wildman–Crippen MR) is 77.4 cm³/mol. The molecule has 0 bridgehead atoms. The molecule has 0 radical (unpaired) electrons. The average molecular weight is 313 g/mol. The molecule has 1 aromatic rings. The summed E-state index contributed by atoms with van der Waals surface area (Å²) >= 11 is 1.55. The van der Waals surface area contributed by atoms with Crippen LogP contribution in [0.3, 0.4) is 0 Å². The highest BCUT2D eigenvalue weighted by molar-refractivity contribution is 7.11.